The number of benzene rings is 2. The van der Waals surface area contributed by atoms with Crippen molar-refractivity contribution in [2.24, 2.45) is 4.99 Å². The highest BCUT2D eigenvalue weighted by molar-refractivity contribution is 9.10. The van der Waals surface area contributed by atoms with Gasteiger partial charge in [0.1, 0.15) is 5.75 Å². The molecule has 1 aliphatic heterocycles. The van der Waals surface area contributed by atoms with Crippen molar-refractivity contribution in [2.75, 3.05) is 7.11 Å². The normalized spacial score (nSPS) is 16.3. The van der Waals surface area contributed by atoms with Gasteiger partial charge in [0.25, 0.3) is 5.56 Å². The number of hydrogen-bond acceptors (Lipinski definition) is 5. The summed E-state index contributed by atoms with van der Waals surface area (Å²) in [6, 6.07) is 14.7. The summed E-state index contributed by atoms with van der Waals surface area (Å²) >= 11 is 4.79. The van der Waals surface area contributed by atoms with Crippen LogP contribution in [0, 0.1) is 0 Å². The molecule has 0 fully saturated rings. The van der Waals surface area contributed by atoms with Crippen LogP contribution in [0.5, 0.6) is 5.75 Å². The molecule has 1 atom stereocenters. The van der Waals surface area contributed by atoms with Crippen molar-refractivity contribution in [3.05, 3.63) is 95.1 Å². The van der Waals surface area contributed by atoms with Gasteiger partial charge in [0, 0.05) is 15.7 Å². The number of carbonyl (C=O) groups is 1. The Kier molecular flexibility index (Phi) is 5.58. The van der Waals surface area contributed by atoms with Crippen LogP contribution < -0.4 is 19.6 Å². The summed E-state index contributed by atoms with van der Waals surface area (Å²) < 4.78 is 8.39. The van der Waals surface area contributed by atoms with Crippen molar-refractivity contribution in [3.8, 4) is 5.75 Å². The van der Waals surface area contributed by atoms with Crippen LogP contribution in [-0.2, 0) is 4.79 Å². The molecule has 0 N–H and O–H groups in total. The topological polar surface area (TPSA) is 60.7 Å². The summed E-state index contributed by atoms with van der Waals surface area (Å²) in [5, 5.41) is 0. The van der Waals surface area contributed by atoms with Crippen molar-refractivity contribution in [1.82, 2.24) is 4.57 Å². The number of allylic oxidation sites excluding steroid dienone is 2. The molecule has 0 radical (unpaired) electrons. The van der Waals surface area contributed by atoms with E-state index in [1.807, 2.05) is 61.5 Å². The second kappa shape index (κ2) is 8.16. The Morgan fingerprint density at radius 3 is 2.60 bits per heavy atom. The van der Waals surface area contributed by atoms with Gasteiger partial charge >= 0.3 is 0 Å². The summed E-state index contributed by atoms with van der Waals surface area (Å²) in [5.74, 6) is 0.615. The molecule has 3 aromatic rings. The van der Waals surface area contributed by atoms with Crippen LogP contribution in [-0.4, -0.2) is 17.5 Å². The van der Waals surface area contributed by atoms with Crippen LogP contribution in [0.1, 0.15) is 31.0 Å². The van der Waals surface area contributed by atoms with E-state index in [-0.39, 0.29) is 11.3 Å². The van der Waals surface area contributed by atoms with Crippen molar-refractivity contribution < 1.29 is 9.53 Å². The lowest BCUT2D eigenvalue weighted by atomic mass is 9.93. The first-order chi connectivity index (χ1) is 14.4. The van der Waals surface area contributed by atoms with E-state index in [0.717, 1.165) is 15.6 Å². The quantitative estimate of drug-likeness (QED) is 0.570. The highest BCUT2D eigenvalue weighted by atomic mass is 79.9. The fraction of sp³-hybridized carbons (Fsp3) is 0.174. The van der Waals surface area contributed by atoms with Crippen molar-refractivity contribution in [3.63, 3.8) is 0 Å². The molecule has 2 aromatic carbocycles. The van der Waals surface area contributed by atoms with Gasteiger partial charge in [-0.1, -0.05) is 51.5 Å². The smallest absolute Gasteiger partial charge is 0.271 e. The van der Waals surface area contributed by atoms with Gasteiger partial charge in [-0.2, -0.15) is 0 Å². The number of aromatic nitrogens is 1. The van der Waals surface area contributed by atoms with Gasteiger partial charge in [0.15, 0.2) is 10.6 Å². The third kappa shape index (κ3) is 3.70. The monoisotopic (exact) mass is 482 g/mol. The Balaban J connectivity index is 1.96. The minimum absolute atomic E-state index is 0.0988. The standard InChI is InChI=1S/C23H19BrN2O3S/c1-13-20(14(2)27)21(16-7-9-18(29-3)10-8-16)26-22(28)19(30-23(26)25-13)12-15-5-4-6-17(24)11-15/h4-12,21H,1-3H3/b19-12+/t21-/m1/s1. The highest BCUT2D eigenvalue weighted by Crippen LogP contribution is 2.31. The number of fused-ring (bicyclic) bond motifs is 1. The minimum atomic E-state index is -0.519. The zero-order chi connectivity index (χ0) is 21.4. The number of methoxy groups -OCH3 is 1. The molecule has 1 aromatic heterocycles. The number of rotatable bonds is 4. The second-order valence-corrected chi connectivity index (χ2v) is 8.89. The molecule has 0 aliphatic carbocycles. The number of halogens is 1. The van der Waals surface area contributed by atoms with Gasteiger partial charge in [-0.25, -0.2) is 4.99 Å². The summed E-state index contributed by atoms with van der Waals surface area (Å²) in [6.07, 6.45) is 1.85. The Morgan fingerprint density at radius 1 is 1.23 bits per heavy atom. The minimum Gasteiger partial charge on any atom is -0.497 e. The summed E-state index contributed by atoms with van der Waals surface area (Å²) in [7, 11) is 1.60. The third-order valence-electron chi connectivity index (χ3n) is 4.98. The van der Waals surface area contributed by atoms with Gasteiger partial charge < -0.3 is 4.74 Å². The lowest BCUT2D eigenvalue weighted by Crippen LogP contribution is -2.39. The molecular weight excluding hydrogens is 464 g/mol. The molecule has 0 saturated heterocycles. The van der Waals surface area contributed by atoms with E-state index in [4.69, 9.17) is 4.74 Å². The van der Waals surface area contributed by atoms with Crippen LogP contribution in [0.2, 0.25) is 0 Å². The predicted octanol–water partition coefficient (Wildman–Crippen LogP) is 3.60. The molecule has 0 bridgehead atoms. The number of Topliss-reactive ketones (excluding diaryl/α,β-unsaturated/α-hetero) is 1. The largest absolute Gasteiger partial charge is 0.497 e. The van der Waals surface area contributed by atoms with E-state index in [2.05, 4.69) is 20.9 Å². The van der Waals surface area contributed by atoms with Crippen LogP contribution in [0.4, 0.5) is 0 Å². The Morgan fingerprint density at radius 2 is 1.97 bits per heavy atom. The lowest BCUT2D eigenvalue weighted by molar-refractivity contribution is -0.114. The first kappa shape index (κ1) is 20.5. The second-order valence-electron chi connectivity index (χ2n) is 6.97. The Hall–Kier alpha value is -2.77. The molecule has 7 heteroatoms. The molecule has 0 amide bonds. The Bertz CT molecular complexity index is 1350. The molecule has 152 valence electrons. The lowest BCUT2D eigenvalue weighted by Gasteiger charge is -2.24. The van der Waals surface area contributed by atoms with E-state index in [0.29, 0.717) is 26.4 Å². The van der Waals surface area contributed by atoms with E-state index in [1.165, 1.54) is 18.3 Å². The van der Waals surface area contributed by atoms with Gasteiger partial charge in [-0.05, 0) is 55.3 Å². The average molecular weight is 483 g/mol. The fourth-order valence-electron chi connectivity index (χ4n) is 3.62. The fourth-order valence-corrected chi connectivity index (χ4v) is 5.08. The molecule has 1 aliphatic rings. The van der Waals surface area contributed by atoms with Crippen LogP contribution >= 0.6 is 27.3 Å². The van der Waals surface area contributed by atoms with Crippen LogP contribution in [0.3, 0.4) is 0 Å². The van der Waals surface area contributed by atoms with Crippen LogP contribution in [0.25, 0.3) is 6.08 Å². The van der Waals surface area contributed by atoms with Crippen molar-refractivity contribution in [2.45, 2.75) is 19.9 Å². The van der Waals surface area contributed by atoms with E-state index < -0.39 is 6.04 Å². The zero-order valence-corrected chi connectivity index (χ0v) is 19.1. The molecule has 5 nitrogen and oxygen atoms in total. The zero-order valence-electron chi connectivity index (χ0n) is 16.7. The third-order valence-corrected chi connectivity index (χ3v) is 6.46. The number of thiazole rings is 1. The van der Waals surface area contributed by atoms with Gasteiger partial charge in [0.2, 0.25) is 0 Å². The van der Waals surface area contributed by atoms with Gasteiger partial charge in [-0.15, -0.1) is 0 Å². The Labute approximate surface area is 185 Å². The molecular formula is C23H19BrN2O3S. The number of ether oxygens (including phenoxy) is 1. The maximum Gasteiger partial charge on any atom is 0.271 e. The predicted molar refractivity (Wildman–Crippen MR) is 122 cm³/mol. The maximum atomic E-state index is 13.4. The number of hydrogen-bond donors (Lipinski definition) is 0. The first-order valence-corrected chi connectivity index (χ1v) is 10.9. The number of carbonyl (C=O) groups excluding carboxylic acids is 1. The summed E-state index contributed by atoms with van der Waals surface area (Å²) in [5.41, 5.74) is 2.76. The number of nitrogens with zero attached hydrogens (tertiary/aromatic N) is 2. The first-order valence-electron chi connectivity index (χ1n) is 9.32. The molecule has 4 rings (SSSR count). The highest BCUT2D eigenvalue weighted by Gasteiger charge is 2.30. The maximum absolute atomic E-state index is 13.4. The van der Waals surface area contributed by atoms with Gasteiger partial charge in [-0.3, -0.25) is 14.2 Å². The summed E-state index contributed by atoms with van der Waals surface area (Å²) in [6.45, 7) is 3.33. The molecule has 0 spiro atoms. The van der Waals surface area contributed by atoms with Crippen molar-refractivity contribution in [1.29, 1.82) is 0 Å². The summed E-state index contributed by atoms with van der Waals surface area (Å²) in [4.78, 5) is 31.1. The molecule has 0 unspecified atom stereocenters. The van der Waals surface area contributed by atoms with E-state index >= 15 is 0 Å². The van der Waals surface area contributed by atoms with Gasteiger partial charge in [0.05, 0.1) is 17.7 Å². The van der Waals surface area contributed by atoms with E-state index in [9.17, 15) is 9.59 Å². The van der Waals surface area contributed by atoms with Crippen molar-refractivity contribution >= 4 is 39.1 Å². The average Bonchev–Trinajstić information content (AvgIpc) is 3.01. The van der Waals surface area contributed by atoms with Crippen LogP contribution in [0.15, 0.2) is 74.1 Å². The molecule has 2 heterocycles. The SMILES string of the molecule is COc1ccc([C@@H]2C(C(C)=O)=C(C)N=c3s/c(=C/c4cccc(Br)c4)c(=O)n32)cc1. The number of ketones is 1. The van der Waals surface area contributed by atoms with E-state index in [1.54, 1.807) is 11.7 Å². The molecule has 0 saturated carbocycles. The molecule has 30 heavy (non-hydrogen) atoms.